The molecule has 0 aromatic heterocycles. The van der Waals surface area contributed by atoms with E-state index in [1.165, 1.54) is 35.2 Å². The van der Waals surface area contributed by atoms with Crippen LogP contribution in [0.4, 0.5) is 32.0 Å². The third-order valence-corrected chi connectivity index (χ3v) is 6.17. The topological polar surface area (TPSA) is 67.6 Å². The number of nitriles is 1. The molecule has 2 atom stereocenters. The molecule has 1 unspecified atom stereocenters. The normalized spacial score (nSPS) is 17.7. The number of anilines is 1. The van der Waals surface area contributed by atoms with Gasteiger partial charge in [-0.3, -0.25) is 9.69 Å². The van der Waals surface area contributed by atoms with Crippen LogP contribution in [0.1, 0.15) is 42.0 Å². The summed E-state index contributed by atoms with van der Waals surface area (Å²) in [6.07, 6.45) is -8.86. The number of aliphatic carboxylic acids is 1. The molecule has 5 nitrogen and oxygen atoms in total. The van der Waals surface area contributed by atoms with Gasteiger partial charge in [-0.05, 0) is 42.7 Å². The molecule has 1 aliphatic rings. The summed E-state index contributed by atoms with van der Waals surface area (Å²) >= 11 is 0. The third kappa shape index (κ3) is 5.88. The van der Waals surface area contributed by atoms with Crippen molar-refractivity contribution < 1.29 is 36.2 Å². The first-order valence-corrected chi connectivity index (χ1v) is 10.9. The first kappa shape index (κ1) is 26.3. The van der Waals surface area contributed by atoms with E-state index in [0.717, 1.165) is 18.2 Å². The number of likely N-dealkylation sites (tertiary alicyclic amines) is 1. The van der Waals surface area contributed by atoms with Crippen LogP contribution >= 0.6 is 0 Å². The highest BCUT2D eigenvalue weighted by atomic mass is 19.4. The Morgan fingerprint density at radius 1 is 1.14 bits per heavy atom. The van der Waals surface area contributed by atoms with Crippen LogP contribution in [0.15, 0.2) is 42.5 Å². The van der Waals surface area contributed by atoms with Crippen molar-refractivity contribution in [2.24, 2.45) is 0 Å². The molecule has 35 heavy (non-hydrogen) atoms. The van der Waals surface area contributed by atoms with Crippen LogP contribution in [-0.4, -0.2) is 41.1 Å². The highest BCUT2D eigenvalue weighted by Crippen LogP contribution is 2.38. The minimum atomic E-state index is -4.84. The van der Waals surface area contributed by atoms with E-state index in [2.05, 4.69) is 0 Å². The van der Waals surface area contributed by atoms with Gasteiger partial charge in [-0.1, -0.05) is 25.1 Å². The maximum Gasteiger partial charge on any atom is 0.417 e. The number of carbonyl (C=O) groups is 1. The molecule has 0 amide bonds. The van der Waals surface area contributed by atoms with Crippen molar-refractivity contribution in [3.8, 4) is 6.07 Å². The summed E-state index contributed by atoms with van der Waals surface area (Å²) in [7, 11) is 0. The Labute approximate surface area is 198 Å². The minimum Gasteiger partial charge on any atom is -0.480 e. The molecular weight excluding hydrogens is 476 g/mol. The lowest BCUT2D eigenvalue weighted by Crippen LogP contribution is -2.43. The van der Waals surface area contributed by atoms with E-state index in [1.54, 1.807) is 11.8 Å². The van der Waals surface area contributed by atoms with Crippen molar-refractivity contribution in [3.63, 3.8) is 0 Å². The molecule has 1 heterocycles. The summed E-state index contributed by atoms with van der Waals surface area (Å²) in [5.41, 5.74) is -2.80. The zero-order chi connectivity index (χ0) is 26.0. The fraction of sp³-hybridized carbons (Fsp3) is 0.417. The third-order valence-electron chi connectivity index (χ3n) is 6.17. The number of carboxylic acids is 1. The molecular formula is C24H23F6N3O2. The van der Waals surface area contributed by atoms with Crippen molar-refractivity contribution in [2.45, 2.75) is 50.7 Å². The molecule has 2 aromatic carbocycles. The van der Waals surface area contributed by atoms with Gasteiger partial charge in [0.2, 0.25) is 0 Å². The molecule has 0 radical (unpaired) electrons. The second-order valence-corrected chi connectivity index (χ2v) is 8.32. The zero-order valence-electron chi connectivity index (χ0n) is 18.7. The summed E-state index contributed by atoms with van der Waals surface area (Å²) in [6, 6.07) is 8.02. The number of hydrogen-bond donors (Lipinski definition) is 1. The average molecular weight is 499 g/mol. The van der Waals surface area contributed by atoms with E-state index in [-0.39, 0.29) is 24.3 Å². The van der Waals surface area contributed by atoms with Crippen LogP contribution in [0.2, 0.25) is 0 Å². The monoisotopic (exact) mass is 499 g/mol. The summed E-state index contributed by atoms with van der Waals surface area (Å²) in [4.78, 5) is 14.7. The van der Waals surface area contributed by atoms with Crippen LogP contribution in [-0.2, 0) is 23.7 Å². The van der Waals surface area contributed by atoms with Gasteiger partial charge in [0.1, 0.15) is 6.04 Å². The van der Waals surface area contributed by atoms with E-state index >= 15 is 0 Å². The van der Waals surface area contributed by atoms with Gasteiger partial charge in [0.25, 0.3) is 0 Å². The van der Waals surface area contributed by atoms with Crippen LogP contribution in [0.25, 0.3) is 0 Å². The molecule has 1 saturated heterocycles. The van der Waals surface area contributed by atoms with Crippen molar-refractivity contribution in [1.82, 2.24) is 4.90 Å². The van der Waals surface area contributed by atoms with Crippen molar-refractivity contribution in [3.05, 3.63) is 64.7 Å². The zero-order valence-corrected chi connectivity index (χ0v) is 18.7. The average Bonchev–Trinajstić information content (AvgIpc) is 3.25. The number of nitrogens with zero attached hydrogens (tertiary/aromatic N) is 3. The van der Waals surface area contributed by atoms with E-state index < -0.39 is 47.1 Å². The molecule has 0 saturated carbocycles. The largest absolute Gasteiger partial charge is 0.480 e. The fourth-order valence-electron chi connectivity index (χ4n) is 4.49. The molecule has 3 rings (SSSR count). The summed E-state index contributed by atoms with van der Waals surface area (Å²) in [5, 5.41) is 18.6. The van der Waals surface area contributed by atoms with Crippen molar-refractivity contribution in [1.29, 1.82) is 5.26 Å². The molecule has 1 N–H and O–H groups in total. The Morgan fingerprint density at radius 2 is 1.80 bits per heavy atom. The molecule has 0 bridgehead atoms. The number of benzene rings is 2. The molecule has 188 valence electrons. The van der Waals surface area contributed by atoms with Gasteiger partial charge in [0, 0.05) is 31.4 Å². The highest BCUT2D eigenvalue weighted by Gasteiger charge is 2.38. The van der Waals surface area contributed by atoms with Crippen LogP contribution < -0.4 is 4.90 Å². The first-order valence-electron chi connectivity index (χ1n) is 10.9. The predicted molar refractivity (Wildman–Crippen MR) is 115 cm³/mol. The lowest BCUT2D eigenvalue weighted by molar-refractivity contribution is -0.143. The molecule has 1 fully saturated rings. The standard InChI is InChI=1S/C24H23F6N3O2/c1-2-21(22(34)35)32-10-9-18(14-32)33(13-16-5-3-4-6-19(16)23(25,26)27)17-8-7-15(12-31)20(11-17)24(28,29)30/h3-8,11,18,21H,2,9-10,13-14H2,1H3,(H,34,35)/t18-,21?/m0/s1. The number of alkyl halides is 6. The lowest BCUT2D eigenvalue weighted by atomic mass is 10.0. The van der Waals surface area contributed by atoms with Gasteiger partial charge in [0.15, 0.2) is 0 Å². The maximum absolute atomic E-state index is 13.6. The van der Waals surface area contributed by atoms with Gasteiger partial charge >= 0.3 is 18.3 Å². The van der Waals surface area contributed by atoms with Gasteiger partial charge in [-0.15, -0.1) is 0 Å². The van der Waals surface area contributed by atoms with Gasteiger partial charge in [0.05, 0.1) is 22.8 Å². The summed E-state index contributed by atoms with van der Waals surface area (Å²) < 4.78 is 81.7. The second kappa shape index (κ2) is 10.2. The van der Waals surface area contributed by atoms with Crippen LogP contribution in [0.3, 0.4) is 0 Å². The molecule has 2 aromatic rings. The van der Waals surface area contributed by atoms with Crippen LogP contribution in [0.5, 0.6) is 0 Å². The Bertz CT molecular complexity index is 1110. The number of halogens is 6. The smallest absolute Gasteiger partial charge is 0.417 e. The van der Waals surface area contributed by atoms with Gasteiger partial charge in [-0.2, -0.15) is 31.6 Å². The van der Waals surface area contributed by atoms with Crippen LogP contribution in [0, 0.1) is 11.3 Å². The van der Waals surface area contributed by atoms with E-state index in [0.29, 0.717) is 19.4 Å². The Kier molecular flexibility index (Phi) is 7.65. The number of hydrogen-bond acceptors (Lipinski definition) is 4. The fourth-order valence-corrected chi connectivity index (χ4v) is 4.49. The minimum absolute atomic E-state index is 0.00326. The number of carboxylic acid groups (broad SMARTS) is 1. The Morgan fingerprint density at radius 3 is 2.37 bits per heavy atom. The molecule has 11 heteroatoms. The molecule has 1 aliphatic heterocycles. The summed E-state index contributed by atoms with van der Waals surface area (Å²) in [5.74, 6) is -1.04. The Hall–Kier alpha value is -3.26. The van der Waals surface area contributed by atoms with Crippen molar-refractivity contribution >= 4 is 11.7 Å². The Balaban J connectivity index is 2.07. The molecule has 0 spiro atoms. The maximum atomic E-state index is 13.6. The van der Waals surface area contributed by atoms with Gasteiger partial charge in [-0.25, -0.2) is 0 Å². The predicted octanol–water partition coefficient (Wildman–Crippen LogP) is 5.54. The lowest BCUT2D eigenvalue weighted by Gasteiger charge is -2.33. The SMILES string of the molecule is CCC(C(=O)O)N1CC[C@H](N(Cc2ccccc2C(F)(F)F)c2ccc(C#N)c(C(F)(F)F)c2)C1. The van der Waals surface area contributed by atoms with E-state index in [9.17, 15) is 36.2 Å². The number of rotatable bonds is 7. The van der Waals surface area contributed by atoms with E-state index in [1.807, 2.05) is 0 Å². The highest BCUT2D eigenvalue weighted by molar-refractivity contribution is 5.73. The quantitative estimate of drug-likeness (QED) is 0.507. The first-order chi connectivity index (χ1) is 16.4. The second-order valence-electron chi connectivity index (χ2n) is 8.32. The molecule has 0 aliphatic carbocycles. The van der Waals surface area contributed by atoms with Gasteiger partial charge < -0.3 is 10.0 Å². The van der Waals surface area contributed by atoms with E-state index in [4.69, 9.17) is 5.26 Å². The summed E-state index contributed by atoms with van der Waals surface area (Å²) in [6.45, 7) is 1.83. The van der Waals surface area contributed by atoms with Crippen molar-refractivity contribution in [2.75, 3.05) is 18.0 Å².